The molecule has 0 amide bonds. The Labute approximate surface area is 179 Å². The SMILES string of the molecule is CCCCCC1CCC(c2ccc(C3Cc4ccc(C)c(F)c4OC3=O)cc2)CC1. The van der Waals surface area contributed by atoms with E-state index in [2.05, 4.69) is 31.2 Å². The lowest BCUT2D eigenvalue weighted by Crippen LogP contribution is -2.26. The monoisotopic (exact) mass is 408 g/mol. The highest BCUT2D eigenvalue weighted by molar-refractivity contribution is 5.83. The van der Waals surface area contributed by atoms with Crippen LogP contribution in [-0.4, -0.2) is 5.97 Å². The van der Waals surface area contributed by atoms with Crippen molar-refractivity contribution >= 4 is 5.97 Å². The van der Waals surface area contributed by atoms with Crippen LogP contribution in [-0.2, 0) is 11.2 Å². The summed E-state index contributed by atoms with van der Waals surface area (Å²) in [5.41, 5.74) is 3.62. The molecule has 1 heterocycles. The average molecular weight is 409 g/mol. The molecule has 2 aromatic rings. The fraction of sp³-hybridized carbons (Fsp3) is 0.519. The average Bonchev–Trinajstić information content (AvgIpc) is 2.77. The van der Waals surface area contributed by atoms with Gasteiger partial charge < -0.3 is 4.74 Å². The van der Waals surface area contributed by atoms with Crippen molar-refractivity contribution < 1.29 is 13.9 Å². The Morgan fingerprint density at radius 3 is 2.37 bits per heavy atom. The summed E-state index contributed by atoms with van der Waals surface area (Å²) in [4.78, 5) is 12.6. The molecule has 1 fully saturated rings. The summed E-state index contributed by atoms with van der Waals surface area (Å²) in [5.74, 6) is 0.532. The van der Waals surface area contributed by atoms with Crippen molar-refractivity contribution in [3.63, 3.8) is 0 Å². The summed E-state index contributed by atoms with van der Waals surface area (Å²) in [6, 6.07) is 12.2. The van der Waals surface area contributed by atoms with Gasteiger partial charge in [-0.05, 0) is 73.1 Å². The minimum atomic E-state index is -0.417. The Kier molecular flexibility index (Phi) is 6.55. The van der Waals surface area contributed by atoms with Gasteiger partial charge in [0.05, 0.1) is 5.92 Å². The van der Waals surface area contributed by atoms with Crippen LogP contribution in [0.15, 0.2) is 36.4 Å². The van der Waals surface area contributed by atoms with Crippen LogP contribution >= 0.6 is 0 Å². The van der Waals surface area contributed by atoms with Gasteiger partial charge in [-0.15, -0.1) is 0 Å². The lowest BCUT2D eigenvalue weighted by Gasteiger charge is -2.29. The van der Waals surface area contributed by atoms with Gasteiger partial charge in [0.2, 0.25) is 0 Å². The van der Waals surface area contributed by atoms with Crippen molar-refractivity contribution in [3.8, 4) is 5.75 Å². The third-order valence-electron chi connectivity index (χ3n) is 7.16. The molecule has 2 aromatic carbocycles. The van der Waals surface area contributed by atoms with Gasteiger partial charge in [0, 0.05) is 0 Å². The summed E-state index contributed by atoms with van der Waals surface area (Å²) in [6.07, 6.45) is 11.2. The van der Waals surface area contributed by atoms with Crippen LogP contribution in [0.1, 0.15) is 92.4 Å². The number of fused-ring (bicyclic) bond motifs is 1. The minimum absolute atomic E-state index is 0.114. The fourth-order valence-electron chi connectivity index (χ4n) is 5.16. The van der Waals surface area contributed by atoms with Crippen LogP contribution in [0.2, 0.25) is 0 Å². The van der Waals surface area contributed by atoms with Crippen molar-refractivity contribution in [2.45, 2.75) is 83.5 Å². The molecule has 0 radical (unpaired) electrons. The summed E-state index contributed by atoms with van der Waals surface area (Å²) in [5, 5.41) is 0. The standard InChI is InChI=1S/C27H33FO2/c1-3-4-5-6-19-8-11-20(12-9-19)21-13-15-22(16-14-21)24-17-23-10-7-18(2)25(28)26(23)30-27(24)29/h7,10,13-16,19-20,24H,3-6,8-9,11-12,17H2,1-2H3. The predicted octanol–water partition coefficient (Wildman–Crippen LogP) is 7.23. The maximum absolute atomic E-state index is 14.3. The fourth-order valence-corrected chi connectivity index (χ4v) is 5.16. The second-order valence-corrected chi connectivity index (χ2v) is 9.24. The van der Waals surface area contributed by atoms with Gasteiger partial charge in [-0.1, -0.05) is 69.0 Å². The van der Waals surface area contributed by atoms with Gasteiger partial charge in [0.25, 0.3) is 0 Å². The number of halogens is 1. The molecule has 30 heavy (non-hydrogen) atoms. The molecule has 2 nitrogen and oxygen atoms in total. The van der Waals surface area contributed by atoms with E-state index >= 15 is 0 Å². The maximum Gasteiger partial charge on any atom is 0.319 e. The molecule has 0 saturated heterocycles. The number of benzene rings is 2. The number of carbonyl (C=O) groups is 1. The van der Waals surface area contributed by atoms with E-state index in [9.17, 15) is 9.18 Å². The van der Waals surface area contributed by atoms with Crippen molar-refractivity contribution in [3.05, 3.63) is 64.5 Å². The summed E-state index contributed by atoms with van der Waals surface area (Å²) >= 11 is 0. The molecule has 2 aliphatic rings. The second-order valence-electron chi connectivity index (χ2n) is 9.24. The van der Waals surface area contributed by atoms with Gasteiger partial charge in [0.15, 0.2) is 11.6 Å². The highest BCUT2D eigenvalue weighted by Gasteiger charge is 2.32. The largest absolute Gasteiger partial charge is 0.423 e. The van der Waals surface area contributed by atoms with Gasteiger partial charge in [0.1, 0.15) is 0 Å². The Balaban J connectivity index is 1.39. The van der Waals surface area contributed by atoms with E-state index in [4.69, 9.17) is 4.74 Å². The van der Waals surface area contributed by atoms with E-state index in [0.717, 1.165) is 17.0 Å². The van der Waals surface area contributed by atoms with Gasteiger partial charge in [-0.25, -0.2) is 4.39 Å². The van der Waals surface area contributed by atoms with Crippen LogP contribution in [0, 0.1) is 18.7 Å². The zero-order valence-electron chi connectivity index (χ0n) is 18.3. The van der Waals surface area contributed by atoms with E-state index in [0.29, 0.717) is 17.9 Å². The quantitative estimate of drug-likeness (QED) is 0.286. The van der Waals surface area contributed by atoms with Crippen molar-refractivity contribution in [2.24, 2.45) is 5.92 Å². The molecule has 0 spiro atoms. The first-order valence-electron chi connectivity index (χ1n) is 11.7. The molecule has 1 unspecified atom stereocenters. The number of aryl methyl sites for hydroxylation is 1. The lowest BCUT2D eigenvalue weighted by atomic mass is 9.76. The van der Waals surface area contributed by atoms with Crippen LogP contribution < -0.4 is 4.74 Å². The molecule has 1 atom stereocenters. The number of hydrogen-bond acceptors (Lipinski definition) is 2. The molecule has 4 rings (SSSR count). The first-order chi connectivity index (χ1) is 14.6. The Morgan fingerprint density at radius 1 is 0.967 bits per heavy atom. The molecule has 3 heteroatoms. The smallest absolute Gasteiger partial charge is 0.319 e. The highest BCUT2D eigenvalue weighted by Crippen LogP contribution is 2.39. The molecule has 0 aromatic heterocycles. The number of hydrogen-bond donors (Lipinski definition) is 0. The third-order valence-corrected chi connectivity index (χ3v) is 7.16. The minimum Gasteiger partial charge on any atom is -0.423 e. The van der Waals surface area contributed by atoms with Crippen LogP contribution in [0.3, 0.4) is 0 Å². The zero-order chi connectivity index (χ0) is 21.1. The number of esters is 1. The first-order valence-corrected chi connectivity index (χ1v) is 11.7. The summed E-state index contributed by atoms with van der Waals surface area (Å²) in [6.45, 7) is 3.96. The molecular formula is C27H33FO2. The first kappa shape index (κ1) is 21.1. The third kappa shape index (κ3) is 4.45. The predicted molar refractivity (Wildman–Crippen MR) is 119 cm³/mol. The van der Waals surface area contributed by atoms with Crippen LogP contribution in [0.25, 0.3) is 0 Å². The zero-order valence-corrected chi connectivity index (χ0v) is 18.3. The summed E-state index contributed by atoms with van der Waals surface area (Å²) < 4.78 is 19.7. The molecule has 1 saturated carbocycles. The summed E-state index contributed by atoms with van der Waals surface area (Å²) in [7, 11) is 0. The second kappa shape index (κ2) is 9.32. The highest BCUT2D eigenvalue weighted by atomic mass is 19.1. The Hall–Kier alpha value is -2.16. The van der Waals surface area contributed by atoms with E-state index in [1.807, 2.05) is 6.07 Å². The maximum atomic E-state index is 14.3. The van der Waals surface area contributed by atoms with Crippen molar-refractivity contribution in [2.75, 3.05) is 0 Å². The van der Waals surface area contributed by atoms with Crippen molar-refractivity contribution in [1.29, 1.82) is 0 Å². The normalized spacial score (nSPS) is 23.7. The van der Waals surface area contributed by atoms with Crippen LogP contribution in [0.5, 0.6) is 5.75 Å². The number of ether oxygens (including phenoxy) is 1. The van der Waals surface area contributed by atoms with Crippen LogP contribution in [0.4, 0.5) is 4.39 Å². The number of rotatable bonds is 6. The molecule has 0 bridgehead atoms. The molecule has 0 N–H and O–H groups in total. The lowest BCUT2D eigenvalue weighted by molar-refractivity contribution is -0.137. The van der Waals surface area contributed by atoms with E-state index in [1.54, 1.807) is 13.0 Å². The molecular weight excluding hydrogens is 375 g/mol. The Morgan fingerprint density at radius 2 is 1.67 bits per heavy atom. The Bertz CT molecular complexity index is 878. The molecule has 1 aliphatic carbocycles. The van der Waals surface area contributed by atoms with Gasteiger partial charge in [-0.2, -0.15) is 0 Å². The van der Waals surface area contributed by atoms with E-state index in [-0.39, 0.29) is 17.6 Å². The number of unbranched alkanes of at least 4 members (excludes halogenated alkanes) is 2. The van der Waals surface area contributed by atoms with Gasteiger partial charge in [-0.3, -0.25) is 4.79 Å². The molecule has 1 aliphatic heterocycles. The number of carbonyl (C=O) groups excluding carboxylic acids is 1. The van der Waals surface area contributed by atoms with E-state index < -0.39 is 5.82 Å². The molecule has 160 valence electrons. The van der Waals surface area contributed by atoms with Crippen molar-refractivity contribution in [1.82, 2.24) is 0 Å². The topological polar surface area (TPSA) is 26.3 Å². The van der Waals surface area contributed by atoms with Gasteiger partial charge >= 0.3 is 5.97 Å². The van der Waals surface area contributed by atoms with E-state index in [1.165, 1.54) is 56.9 Å².